The standard InChI is InChI=1S/C62H44N2/c1-61(2)51-29-25-41(35-49(51)59-43-15-7-5-13-37(43)21-27-53(59)61)63-55-19-11-9-17-45(55)47-33-39(23-31-57(47)63)40-24-32-58-48(34-40)46-18-10-12-20-56(46)64(58)42-26-30-52-50(36-42)60-44-16-8-6-14-38(44)22-28-54(60)62(52,3)4/h5-36H,1-4H3. The maximum Gasteiger partial charge on any atom is 0.0541 e. The number of rotatable bonds is 3. The molecule has 0 fully saturated rings. The lowest BCUT2D eigenvalue weighted by atomic mass is 9.82. The average Bonchev–Trinajstić information content (AvgIpc) is 3.99. The Morgan fingerprint density at radius 3 is 1.12 bits per heavy atom. The maximum atomic E-state index is 2.47. The van der Waals surface area contributed by atoms with Crippen molar-refractivity contribution in [3.63, 3.8) is 0 Å². The first-order valence-corrected chi connectivity index (χ1v) is 22.7. The normalized spacial score (nSPS) is 14.5. The van der Waals surface area contributed by atoms with E-state index in [1.165, 1.54) is 132 Å². The summed E-state index contributed by atoms with van der Waals surface area (Å²) in [4.78, 5) is 0. The van der Waals surface area contributed by atoms with Crippen LogP contribution < -0.4 is 0 Å². The maximum absolute atomic E-state index is 2.47. The van der Waals surface area contributed by atoms with Crippen LogP contribution in [-0.2, 0) is 10.8 Å². The van der Waals surface area contributed by atoms with Gasteiger partial charge >= 0.3 is 0 Å². The first-order valence-electron chi connectivity index (χ1n) is 22.7. The highest BCUT2D eigenvalue weighted by atomic mass is 15.0. The van der Waals surface area contributed by atoms with Crippen LogP contribution in [0.5, 0.6) is 0 Å². The van der Waals surface area contributed by atoms with Gasteiger partial charge in [-0.3, -0.25) is 0 Å². The predicted molar refractivity (Wildman–Crippen MR) is 271 cm³/mol. The Kier molecular flexibility index (Phi) is 7.00. The third kappa shape index (κ3) is 4.65. The monoisotopic (exact) mass is 816 g/mol. The van der Waals surface area contributed by atoms with Gasteiger partial charge in [-0.25, -0.2) is 0 Å². The molecule has 14 rings (SSSR count). The molecule has 0 saturated heterocycles. The van der Waals surface area contributed by atoms with Gasteiger partial charge in [0.05, 0.1) is 22.1 Å². The summed E-state index contributed by atoms with van der Waals surface area (Å²) in [6, 6.07) is 73.2. The summed E-state index contributed by atoms with van der Waals surface area (Å²) < 4.78 is 4.95. The second-order valence-corrected chi connectivity index (χ2v) is 19.3. The van der Waals surface area contributed by atoms with E-state index < -0.39 is 0 Å². The van der Waals surface area contributed by atoms with E-state index in [0.717, 1.165) is 0 Å². The fourth-order valence-corrected chi connectivity index (χ4v) is 12.2. The molecule has 0 unspecified atom stereocenters. The molecular formula is C62H44N2. The van der Waals surface area contributed by atoms with E-state index in [-0.39, 0.29) is 10.8 Å². The Morgan fingerprint density at radius 1 is 0.297 bits per heavy atom. The number of nitrogens with zero attached hydrogens (tertiary/aromatic N) is 2. The first-order chi connectivity index (χ1) is 31.3. The van der Waals surface area contributed by atoms with Crippen molar-refractivity contribution in [3.8, 4) is 44.8 Å². The first kappa shape index (κ1) is 35.9. The molecule has 0 aliphatic heterocycles. The van der Waals surface area contributed by atoms with Gasteiger partial charge in [-0.2, -0.15) is 0 Å². The van der Waals surface area contributed by atoms with Gasteiger partial charge < -0.3 is 9.13 Å². The molecule has 0 N–H and O–H groups in total. The van der Waals surface area contributed by atoms with E-state index in [4.69, 9.17) is 0 Å². The van der Waals surface area contributed by atoms with Crippen LogP contribution in [0.15, 0.2) is 194 Å². The molecule has 2 aliphatic rings. The van der Waals surface area contributed by atoms with Gasteiger partial charge in [-0.15, -0.1) is 0 Å². The van der Waals surface area contributed by atoms with Crippen LogP contribution in [0.4, 0.5) is 0 Å². The van der Waals surface area contributed by atoms with Gasteiger partial charge in [0.2, 0.25) is 0 Å². The van der Waals surface area contributed by atoms with Gasteiger partial charge in [0.1, 0.15) is 0 Å². The zero-order chi connectivity index (χ0) is 42.6. The van der Waals surface area contributed by atoms with Gasteiger partial charge in [0, 0.05) is 43.7 Å². The Bertz CT molecular complexity index is 3750. The smallest absolute Gasteiger partial charge is 0.0541 e. The molecule has 0 amide bonds. The third-order valence-electron chi connectivity index (χ3n) is 15.3. The molecule has 0 spiro atoms. The molecule has 0 atom stereocenters. The number of benzene rings is 10. The van der Waals surface area contributed by atoms with Crippen molar-refractivity contribution < 1.29 is 0 Å². The number of aromatic nitrogens is 2. The third-order valence-corrected chi connectivity index (χ3v) is 15.3. The molecule has 64 heavy (non-hydrogen) atoms. The van der Waals surface area contributed by atoms with E-state index in [0.29, 0.717) is 0 Å². The highest BCUT2D eigenvalue weighted by Crippen LogP contribution is 2.54. The van der Waals surface area contributed by atoms with E-state index in [9.17, 15) is 0 Å². The van der Waals surface area contributed by atoms with Crippen molar-refractivity contribution in [2.75, 3.05) is 0 Å². The summed E-state index contributed by atoms with van der Waals surface area (Å²) in [6.45, 7) is 9.49. The Labute approximate surface area is 372 Å². The Hall–Kier alpha value is -7.68. The summed E-state index contributed by atoms with van der Waals surface area (Å²) in [5, 5.41) is 10.3. The molecule has 0 bridgehead atoms. The minimum absolute atomic E-state index is 0.0732. The van der Waals surface area contributed by atoms with Gasteiger partial charge in [0.25, 0.3) is 0 Å². The second kappa shape index (κ2) is 12.5. The zero-order valence-corrected chi connectivity index (χ0v) is 36.4. The van der Waals surface area contributed by atoms with Gasteiger partial charge in [0.15, 0.2) is 0 Å². The van der Waals surface area contributed by atoms with Crippen LogP contribution in [0.1, 0.15) is 49.9 Å². The molecule has 12 aromatic rings. The molecule has 302 valence electrons. The topological polar surface area (TPSA) is 9.86 Å². The summed E-state index contributed by atoms with van der Waals surface area (Å²) in [5.74, 6) is 0. The van der Waals surface area contributed by atoms with E-state index in [2.05, 4.69) is 231 Å². The summed E-state index contributed by atoms with van der Waals surface area (Å²) >= 11 is 0. The number of hydrogen-bond donors (Lipinski definition) is 0. The molecule has 2 nitrogen and oxygen atoms in total. The fourth-order valence-electron chi connectivity index (χ4n) is 12.2. The minimum Gasteiger partial charge on any atom is -0.309 e. The molecule has 2 heterocycles. The molecule has 0 radical (unpaired) electrons. The number of fused-ring (bicyclic) bond motifs is 16. The van der Waals surface area contributed by atoms with E-state index >= 15 is 0 Å². The molecular weight excluding hydrogens is 773 g/mol. The fraction of sp³-hybridized carbons (Fsp3) is 0.0968. The van der Waals surface area contributed by atoms with Crippen LogP contribution in [0.2, 0.25) is 0 Å². The van der Waals surface area contributed by atoms with Crippen molar-refractivity contribution >= 4 is 65.2 Å². The molecule has 2 aliphatic carbocycles. The lowest BCUT2D eigenvalue weighted by Crippen LogP contribution is -2.14. The van der Waals surface area contributed by atoms with Gasteiger partial charge in [-0.05, 0) is 138 Å². The van der Waals surface area contributed by atoms with Crippen LogP contribution in [0, 0.1) is 0 Å². The molecule has 10 aromatic carbocycles. The minimum atomic E-state index is -0.0732. The highest BCUT2D eigenvalue weighted by molar-refractivity contribution is 6.13. The zero-order valence-electron chi connectivity index (χ0n) is 36.4. The SMILES string of the molecule is CC1(C)c2ccc(-n3c4ccccc4c4cc(-c5ccc6c(c5)c5ccccc5n6-c5ccc6c(c5)-c5c(ccc7ccccc57)C6(C)C)ccc43)cc2-c2c1ccc1ccccc21. The van der Waals surface area contributed by atoms with Crippen molar-refractivity contribution in [3.05, 3.63) is 216 Å². The lowest BCUT2D eigenvalue weighted by Gasteiger charge is -2.22. The Morgan fingerprint density at radius 2 is 0.672 bits per heavy atom. The average molecular weight is 817 g/mol. The summed E-state index contributed by atoms with van der Waals surface area (Å²) in [5.41, 5.74) is 20.5. The predicted octanol–water partition coefficient (Wildman–Crippen LogP) is 16.5. The number of hydrogen-bond acceptors (Lipinski definition) is 0. The lowest BCUT2D eigenvalue weighted by molar-refractivity contribution is 0.660. The van der Waals surface area contributed by atoms with Crippen molar-refractivity contribution in [1.82, 2.24) is 9.13 Å². The van der Waals surface area contributed by atoms with E-state index in [1.54, 1.807) is 0 Å². The van der Waals surface area contributed by atoms with Crippen LogP contribution >= 0.6 is 0 Å². The van der Waals surface area contributed by atoms with Crippen LogP contribution in [0.3, 0.4) is 0 Å². The van der Waals surface area contributed by atoms with Crippen molar-refractivity contribution in [2.24, 2.45) is 0 Å². The van der Waals surface area contributed by atoms with Gasteiger partial charge in [-0.1, -0.05) is 161 Å². The van der Waals surface area contributed by atoms with Crippen molar-refractivity contribution in [2.45, 2.75) is 38.5 Å². The van der Waals surface area contributed by atoms with Crippen molar-refractivity contribution in [1.29, 1.82) is 0 Å². The quantitative estimate of drug-likeness (QED) is 0.168. The van der Waals surface area contributed by atoms with Crippen LogP contribution in [-0.4, -0.2) is 9.13 Å². The molecule has 2 aromatic heterocycles. The largest absolute Gasteiger partial charge is 0.309 e. The molecule has 0 saturated carbocycles. The second-order valence-electron chi connectivity index (χ2n) is 19.3. The van der Waals surface area contributed by atoms with E-state index in [1.807, 2.05) is 0 Å². The Balaban J connectivity index is 0.918. The van der Waals surface area contributed by atoms with Crippen LogP contribution in [0.25, 0.3) is 110 Å². The summed E-state index contributed by atoms with van der Waals surface area (Å²) in [7, 11) is 0. The summed E-state index contributed by atoms with van der Waals surface area (Å²) in [6.07, 6.45) is 0. The number of para-hydroxylation sites is 2. The highest BCUT2D eigenvalue weighted by Gasteiger charge is 2.38. The molecule has 2 heteroatoms.